The molecule has 2 aromatic rings. The Bertz CT molecular complexity index is 978. The van der Waals surface area contributed by atoms with Gasteiger partial charge in [-0.05, 0) is 29.8 Å². The molecular weight excluding hydrogens is 419 g/mol. The molecule has 7 nitrogen and oxygen atoms in total. The van der Waals surface area contributed by atoms with Gasteiger partial charge in [0.05, 0.1) is 35.9 Å². The lowest BCUT2D eigenvalue weighted by Crippen LogP contribution is -2.32. The van der Waals surface area contributed by atoms with Crippen molar-refractivity contribution in [3.05, 3.63) is 63.4 Å². The first-order valence-electron chi connectivity index (χ1n) is 8.61. The number of aliphatic hydroxyl groups excluding tert-OH is 1. The number of Topliss-reactive ketones (excluding diaryl/α,β-unsaturated/α-hetero) is 1. The molecule has 1 aliphatic heterocycles. The summed E-state index contributed by atoms with van der Waals surface area (Å²) in [7, 11) is 2.88. The minimum Gasteiger partial charge on any atom is -0.507 e. The minimum atomic E-state index is -0.824. The number of nitrogens with zero attached hydrogens (tertiary/aromatic N) is 2. The molecule has 1 amide bonds. The van der Waals surface area contributed by atoms with Crippen LogP contribution < -0.4 is 4.74 Å². The Balaban J connectivity index is 2.24. The molecule has 29 heavy (non-hydrogen) atoms. The maximum absolute atomic E-state index is 12.9. The number of ether oxygens (including phenoxy) is 2. The van der Waals surface area contributed by atoms with E-state index in [9.17, 15) is 14.7 Å². The van der Waals surface area contributed by atoms with Crippen molar-refractivity contribution in [1.29, 1.82) is 0 Å². The fourth-order valence-corrected chi connectivity index (χ4v) is 3.85. The maximum atomic E-state index is 12.9. The summed E-state index contributed by atoms with van der Waals surface area (Å²) < 4.78 is 10.4. The molecular formula is C20H18Cl2N2O5. The van der Waals surface area contributed by atoms with Crippen LogP contribution in [0.5, 0.6) is 5.75 Å². The summed E-state index contributed by atoms with van der Waals surface area (Å²) in [6, 6.07) is 5.40. The zero-order chi connectivity index (χ0) is 21.1. The largest absolute Gasteiger partial charge is 0.507 e. The Morgan fingerprint density at radius 3 is 2.52 bits per heavy atom. The molecule has 0 saturated carbocycles. The van der Waals surface area contributed by atoms with E-state index in [1.165, 1.54) is 31.3 Å². The van der Waals surface area contributed by atoms with E-state index in [1.54, 1.807) is 24.5 Å². The summed E-state index contributed by atoms with van der Waals surface area (Å²) in [6.45, 7) is 0.388. The van der Waals surface area contributed by atoms with Gasteiger partial charge in [-0.3, -0.25) is 14.6 Å². The van der Waals surface area contributed by atoms with Crippen molar-refractivity contribution >= 4 is 40.7 Å². The van der Waals surface area contributed by atoms with Gasteiger partial charge in [-0.2, -0.15) is 0 Å². The van der Waals surface area contributed by atoms with Gasteiger partial charge in [0, 0.05) is 31.1 Å². The van der Waals surface area contributed by atoms with Gasteiger partial charge in [0.2, 0.25) is 0 Å². The number of pyridine rings is 1. The highest BCUT2D eigenvalue weighted by atomic mass is 35.5. The average Bonchev–Trinajstić information content (AvgIpc) is 2.96. The van der Waals surface area contributed by atoms with Crippen LogP contribution in [0.2, 0.25) is 10.0 Å². The summed E-state index contributed by atoms with van der Waals surface area (Å²) >= 11 is 12.3. The van der Waals surface area contributed by atoms with Gasteiger partial charge >= 0.3 is 0 Å². The first-order valence-corrected chi connectivity index (χ1v) is 9.37. The van der Waals surface area contributed by atoms with E-state index in [1.807, 2.05) is 0 Å². The molecule has 1 N–H and O–H groups in total. The zero-order valence-corrected chi connectivity index (χ0v) is 17.2. The van der Waals surface area contributed by atoms with Crippen molar-refractivity contribution < 1.29 is 24.2 Å². The number of hydrogen-bond donors (Lipinski definition) is 1. The van der Waals surface area contributed by atoms with E-state index in [0.29, 0.717) is 5.56 Å². The summed E-state index contributed by atoms with van der Waals surface area (Å²) in [4.78, 5) is 30.9. The monoisotopic (exact) mass is 436 g/mol. The second kappa shape index (κ2) is 8.82. The highest BCUT2D eigenvalue weighted by molar-refractivity contribution is 6.46. The zero-order valence-electron chi connectivity index (χ0n) is 15.7. The predicted molar refractivity (Wildman–Crippen MR) is 108 cm³/mol. The summed E-state index contributed by atoms with van der Waals surface area (Å²) in [5.41, 5.74) is 0.645. The third-order valence-corrected chi connectivity index (χ3v) is 5.06. The van der Waals surface area contributed by atoms with E-state index < -0.39 is 23.5 Å². The van der Waals surface area contributed by atoms with Crippen LogP contribution >= 0.6 is 23.2 Å². The van der Waals surface area contributed by atoms with E-state index >= 15 is 0 Å². The third kappa shape index (κ3) is 3.94. The number of carbonyl (C=O) groups is 2. The smallest absolute Gasteiger partial charge is 0.295 e. The minimum absolute atomic E-state index is 0.0889. The van der Waals surface area contributed by atoms with Gasteiger partial charge in [0.15, 0.2) is 0 Å². The van der Waals surface area contributed by atoms with Gasteiger partial charge in [-0.1, -0.05) is 23.2 Å². The number of aliphatic hydroxyl groups is 1. The molecule has 0 aliphatic carbocycles. The number of ketones is 1. The van der Waals surface area contributed by atoms with Crippen LogP contribution in [0.4, 0.5) is 0 Å². The van der Waals surface area contributed by atoms with Crippen LogP contribution in [-0.4, -0.2) is 54.1 Å². The van der Waals surface area contributed by atoms with Gasteiger partial charge < -0.3 is 19.5 Å². The summed E-state index contributed by atoms with van der Waals surface area (Å²) in [5, 5.41) is 11.5. The molecule has 1 aromatic carbocycles. The number of aromatic nitrogens is 1. The molecule has 0 spiro atoms. The lowest BCUT2D eigenvalue weighted by atomic mass is 9.95. The lowest BCUT2D eigenvalue weighted by molar-refractivity contribution is -0.140. The number of amides is 1. The highest BCUT2D eigenvalue weighted by Crippen LogP contribution is 2.42. The van der Waals surface area contributed by atoms with Crippen LogP contribution in [0, 0.1) is 0 Å². The Morgan fingerprint density at radius 1 is 1.21 bits per heavy atom. The number of rotatable bonds is 6. The number of likely N-dealkylation sites (tertiary alicyclic amines) is 1. The van der Waals surface area contributed by atoms with E-state index in [-0.39, 0.29) is 40.1 Å². The molecule has 152 valence electrons. The molecule has 9 heteroatoms. The van der Waals surface area contributed by atoms with E-state index in [2.05, 4.69) is 4.98 Å². The normalized spacial score (nSPS) is 18.3. The van der Waals surface area contributed by atoms with Gasteiger partial charge in [0.25, 0.3) is 11.7 Å². The van der Waals surface area contributed by atoms with E-state index in [4.69, 9.17) is 32.7 Å². The van der Waals surface area contributed by atoms with Gasteiger partial charge in [-0.25, -0.2) is 0 Å². The van der Waals surface area contributed by atoms with Gasteiger partial charge in [0.1, 0.15) is 11.5 Å². The lowest BCUT2D eigenvalue weighted by Gasteiger charge is -2.25. The fraction of sp³-hybridized carbons (Fsp3) is 0.250. The van der Waals surface area contributed by atoms with Crippen molar-refractivity contribution in [2.75, 3.05) is 27.4 Å². The molecule has 1 saturated heterocycles. The van der Waals surface area contributed by atoms with E-state index in [0.717, 1.165) is 0 Å². The molecule has 1 fully saturated rings. The molecule has 1 atom stereocenters. The van der Waals surface area contributed by atoms with Crippen molar-refractivity contribution in [3.8, 4) is 5.75 Å². The third-order valence-electron chi connectivity index (χ3n) is 4.57. The van der Waals surface area contributed by atoms with Crippen molar-refractivity contribution in [1.82, 2.24) is 9.88 Å². The second-order valence-electron chi connectivity index (χ2n) is 6.23. The topological polar surface area (TPSA) is 89.0 Å². The van der Waals surface area contributed by atoms with Crippen molar-refractivity contribution in [2.45, 2.75) is 6.04 Å². The number of hydrogen-bond acceptors (Lipinski definition) is 6. The SMILES string of the molecule is COCCN1C(=O)C(=O)/C(=C(/O)c2cc(Cl)cc(Cl)c2OC)C1c1ccncc1. The molecule has 1 unspecified atom stereocenters. The van der Waals surface area contributed by atoms with Crippen molar-refractivity contribution in [2.24, 2.45) is 0 Å². The second-order valence-corrected chi connectivity index (χ2v) is 7.08. The average molecular weight is 437 g/mol. The fourth-order valence-electron chi connectivity index (χ4n) is 3.28. The van der Waals surface area contributed by atoms with Crippen LogP contribution in [0.25, 0.3) is 5.76 Å². The quantitative estimate of drug-likeness (QED) is 0.423. The van der Waals surface area contributed by atoms with Crippen LogP contribution in [-0.2, 0) is 14.3 Å². The Hall–Kier alpha value is -2.61. The number of carbonyl (C=O) groups excluding carboxylic acids is 2. The van der Waals surface area contributed by atoms with Crippen LogP contribution in [0.1, 0.15) is 17.2 Å². The standard InChI is InChI=1S/C20H18Cl2N2O5/c1-28-8-7-24-16(11-3-5-23-6-4-11)15(18(26)20(24)27)17(25)13-9-12(21)10-14(22)19(13)29-2/h3-6,9-10,16,25H,7-8H2,1-2H3/b17-15+. The molecule has 0 radical (unpaired) electrons. The van der Waals surface area contributed by atoms with Gasteiger partial charge in [-0.15, -0.1) is 0 Å². The summed E-state index contributed by atoms with van der Waals surface area (Å²) in [5.74, 6) is -1.84. The van der Waals surface area contributed by atoms with Crippen LogP contribution in [0.15, 0.2) is 42.2 Å². The van der Waals surface area contributed by atoms with Crippen LogP contribution in [0.3, 0.4) is 0 Å². The number of halogens is 2. The number of methoxy groups -OCH3 is 2. The molecule has 0 bridgehead atoms. The maximum Gasteiger partial charge on any atom is 0.295 e. The highest BCUT2D eigenvalue weighted by Gasteiger charge is 2.46. The van der Waals surface area contributed by atoms with Crippen molar-refractivity contribution in [3.63, 3.8) is 0 Å². The Morgan fingerprint density at radius 2 is 1.90 bits per heavy atom. The molecule has 3 rings (SSSR count). The predicted octanol–water partition coefficient (Wildman–Crippen LogP) is 3.47. The molecule has 1 aliphatic rings. The Labute approximate surface area is 177 Å². The molecule has 2 heterocycles. The Kier molecular flexibility index (Phi) is 6.42. The first-order chi connectivity index (χ1) is 13.9. The summed E-state index contributed by atoms with van der Waals surface area (Å²) in [6.07, 6.45) is 3.09. The number of benzene rings is 1. The molecule has 1 aromatic heterocycles. The first kappa shape index (κ1) is 21.1.